The van der Waals surface area contributed by atoms with E-state index in [4.69, 9.17) is 26.6 Å². The molecular formula is C27H24ClN5O2. The van der Waals surface area contributed by atoms with Gasteiger partial charge in [0, 0.05) is 54.3 Å². The largest absolute Gasteiger partial charge is 0.467 e. The van der Waals surface area contributed by atoms with Gasteiger partial charge >= 0.3 is 6.01 Å². The van der Waals surface area contributed by atoms with Crippen molar-refractivity contribution in [2.24, 2.45) is 0 Å². The molecule has 2 heterocycles. The van der Waals surface area contributed by atoms with E-state index < -0.39 is 0 Å². The Morgan fingerprint density at radius 2 is 1.89 bits per heavy atom. The van der Waals surface area contributed by atoms with Crippen LogP contribution in [0.25, 0.3) is 22.4 Å². The summed E-state index contributed by atoms with van der Waals surface area (Å²) >= 11 is 6.59. The minimum Gasteiger partial charge on any atom is -0.467 e. The summed E-state index contributed by atoms with van der Waals surface area (Å²) in [6.45, 7) is 2.42. The molecule has 0 radical (unpaired) electrons. The number of carbonyl (C=O) groups is 1. The summed E-state index contributed by atoms with van der Waals surface area (Å²) in [4.78, 5) is 25.5. The van der Waals surface area contributed by atoms with Crippen molar-refractivity contribution in [1.29, 1.82) is 5.26 Å². The molecule has 8 heteroatoms. The third-order valence-corrected chi connectivity index (χ3v) is 6.84. The van der Waals surface area contributed by atoms with Gasteiger partial charge in [0.15, 0.2) is 0 Å². The van der Waals surface area contributed by atoms with Gasteiger partial charge in [0.1, 0.15) is 5.82 Å². The Kier molecular flexibility index (Phi) is 6.39. The fourth-order valence-electron chi connectivity index (χ4n) is 4.80. The lowest BCUT2D eigenvalue weighted by atomic mass is 9.88. The predicted molar refractivity (Wildman–Crippen MR) is 137 cm³/mol. The number of anilines is 1. The molecule has 0 saturated carbocycles. The predicted octanol–water partition coefficient (Wildman–Crippen LogP) is 4.51. The lowest BCUT2D eigenvalue weighted by Gasteiger charge is -2.36. The third kappa shape index (κ3) is 4.45. The smallest absolute Gasteiger partial charge is 0.318 e. The maximum atomic E-state index is 12.2. The number of halogens is 1. The monoisotopic (exact) mass is 485 g/mol. The lowest BCUT2D eigenvalue weighted by Crippen LogP contribution is -2.49. The van der Waals surface area contributed by atoms with E-state index in [0.717, 1.165) is 51.3 Å². The van der Waals surface area contributed by atoms with Crippen molar-refractivity contribution in [3.8, 4) is 12.1 Å². The quantitative estimate of drug-likeness (QED) is 0.399. The number of hydrogen-bond donors (Lipinski definition) is 0. The average Bonchev–Trinajstić information content (AvgIpc) is 2.90. The highest BCUT2D eigenvalue weighted by Crippen LogP contribution is 2.39. The summed E-state index contributed by atoms with van der Waals surface area (Å²) < 4.78 is 5.44. The highest BCUT2D eigenvalue weighted by molar-refractivity contribution is 6.36. The molecule has 0 N–H and O–H groups in total. The van der Waals surface area contributed by atoms with E-state index >= 15 is 0 Å². The minimum absolute atomic E-state index is 0.144. The molecular weight excluding hydrogens is 462 g/mol. The number of rotatable bonds is 4. The molecule has 0 spiro atoms. The highest BCUT2D eigenvalue weighted by atomic mass is 35.5. The van der Waals surface area contributed by atoms with Gasteiger partial charge in [0.05, 0.1) is 18.9 Å². The third-order valence-electron chi connectivity index (χ3n) is 6.53. The lowest BCUT2D eigenvalue weighted by molar-refractivity contribution is -0.126. The van der Waals surface area contributed by atoms with Gasteiger partial charge in [0.25, 0.3) is 0 Å². The number of allylic oxidation sites excluding steroid dienone is 2. The molecule has 1 fully saturated rings. The Balaban J connectivity index is 1.48. The zero-order chi connectivity index (χ0) is 24.4. The first-order valence-corrected chi connectivity index (χ1v) is 11.9. The summed E-state index contributed by atoms with van der Waals surface area (Å²) in [5.74, 6) is 0.715. The average molecular weight is 486 g/mol. The fraction of sp³-hybridized carbons (Fsp3) is 0.259. The number of methoxy groups -OCH3 is 1. The Labute approximate surface area is 208 Å². The molecule has 1 saturated heterocycles. The molecule has 1 aliphatic heterocycles. The van der Waals surface area contributed by atoms with Crippen molar-refractivity contribution in [3.63, 3.8) is 0 Å². The SMILES string of the molecule is COc1nc2c(c(N3CCN(C(=O)/C=C/C#N)CC3)n1)CCC(c1cccc3cccc(Cl)c13)=C2. The Morgan fingerprint density at radius 1 is 1.11 bits per heavy atom. The van der Waals surface area contributed by atoms with E-state index in [1.807, 2.05) is 18.2 Å². The number of benzene rings is 2. The summed E-state index contributed by atoms with van der Waals surface area (Å²) in [6.07, 6.45) is 6.30. The van der Waals surface area contributed by atoms with Crippen LogP contribution in [0.3, 0.4) is 0 Å². The number of carbonyl (C=O) groups excluding carboxylic acids is 1. The molecule has 0 bridgehead atoms. The molecule has 35 heavy (non-hydrogen) atoms. The second-order valence-corrected chi connectivity index (χ2v) is 8.89. The van der Waals surface area contributed by atoms with Crippen LogP contribution in [0.4, 0.5) is 5.82 Å². The van der Waals surface area contributed by atoms with Gasteiger partial charge in [-0.2, -0.15) is 15.2 Å². The van der Waals surface area contributed by atoms with Crippen LogP contribution in [0, 0.1) is 11.3 Å². The Hall–Kier alpha value is -3.89. The van der Waals surface area contributed by atoms with Crippen molar-refractivity contribution in [2.75, 3.05) is 38.2 Å². The van der Waals surface area contributed by atoms with Crippen LogP contribution >= 0.6 is 11.6 Å². The Bertz CT molecular complexity index is 1400. The first-order chi connectivity index (χ1) is 17.1. The fourth-order valence-corrected chi connectivity index (χ4v) is 5.09. The van der Waals surface area contributed by atoms with Crippen LogP contribution in [-0.4, -0.2) is 54.1 Å². The van der Waals surface area contributed by atoms with Crippen molar-refractivity contribution in [3.05, 3.63) is 70.4 Å². The standard InChI is InChI=1S/C27H24ClN5O2/c1-35-27-30-23-17-19(20-7-2-5-18-6-3-8-22(28)25(18)20)10-11-21(23)26(31-27)33-15-13-32(14-16-33)24(34)9-4-12-29/h2-9,17H,10-11,13-16H2,1H3/b9-4+. The van der Waals surface area contributed by atoms with Crippen molar-refractivity contribution >= 4 is 45.7 Å². The summed E-state index contributed by atoms with van der Waals surface area (Å²) in [5.41, 5.74) is 4.25. The zero-order valence-corrected chi connectivity index (χ0v) is 20.1. The number of hydrogen-bond acceptors (Lipinski definition) is 6. The topological polar surface area (TPSA) is 82.4 Å². The van der Waals surface area contributed by atoms with E-state index in [1.165, 1.54) is 17.7 Å². The maximum Gasteiger partial charge on any atom is 0.318 e. The van der Waals surface area contributed by atoms with Crippen LogP contribution < -0.4 is 9.64 Å². The molecule has 1 aliphatic carbocycles. The first kappa shape index (κ1) is 22.9. The normalized spacial score (nSPS) is 15.6. The van der Waals surface area contributed by atoms with E-state index in [9.17, 15) is 4.79 Å². The number of nitriles is 1. The number of amides is 1. The second kappa shape index (κ2) is 9.77. The number of nitrogens with zero attached hydrogens (tertiary/aromatic N) is 5. The van der Waals surface area contributed by atoms with E-state index in [2.05, 4.69) is 40.2 Å². The van der Waals surface area contributed by atoms with Crippen molar-refractivity contribution < 1.29 is 9.53 Å². The summed E-state index contributed by atoms with van der Waals surface area (Å²) in [5, 5.41) is 11.6. The van der Waals surface area contributed by atoms with Crippen molar-refractivity contribution in [2.45, 2.75) is 12.8 Å². The molecule has 1 amide bonds. The molecule has 0 atom stereocenters. The number of piperazine rings is 1. The van der Waals surface area contributed by atoms with Gasteiger partial charge in [-0.3, -0.25) is 4.79 Å². The molecule has 7 nitrogen and oxygen atoms in total. The molecule has 2 aromatic carbocycles. The molecule has 5 rings (SSSR count). The van der Waals surface area contributed by atoms with Crippen LogP contribution in [0.5, 0.6) is 6.01 Å². The molecule has 176 valence electrons. The molecule has 2 aliphatic rings. The van der Waals surface area contributed by atoms with Crippen LogP contribution in [0.2, 0.25) is 5.02 Å². The number of ether oxygens (including phenoxy) is 1. The minimum atomic E-state index is -0.144. The summed E-state index contributed by atoms with van der Waals surface area (Å²) in [7, 11) is 1.57. The maximum absolute atomic E-state index is 12.2. The zero-order valence-electron chi connectivity index (χ0n) is 19.4. The van der Waals surface area contributed by atoms with Crippen LogP contribution in [0.15, 0.2) is 48.6 Å². The number of aromatic nitrogens is 2. The van der Waals surface area contributed by atoms with Gasteiger partial charge in [-0.1, -0.05) is 41.9 Å². The van der Waals surface area contributed by atoms with Crippen LogP contribution in [-0.2, 0) is 11.2 Å². The van der Waals surface area contributed by atoms with E-state index in [-0.39, 0.29) is 5.91 Å². The molecule has 1 aromatic heterocycles. The van der Waals surface area contributed by atoms with Gasteiger partial charge in [-0.25, -0.2) is 0 Å². The Morgan fingerprint density at radius 3 is 2.63 bits per heavy atom. The van der Waals surface area contributed by atoms with Gasteiger partial charge in [0.2, 0.25) is 5.91 Å². The van der Waals surface area contributed by atoms with Gasteiger partial charge in [-0.15, -0.1) is 0 Å². The highest BCUT2D eigenvalue weighted by Gasteiger charge is 2.27. The van der Waals surface area contributed by atoms with E-state index in [1.54, 1.807) is 12.0 Å². The van der Waals surface area contributed by atoms with Gasteiger partial charge in [-0.05, 0) is 41.5 Å². The summed E-state index contributed by atoms with van der Waals surface area (Å²) in [6, 6.07) is 14.4. The van der Waals surface area contributed by atoms with E-state index in [0.29, 0.717) is 32.2 Å². The van der Waals surface area contributed by atoms with Crippen molar-refractivity contribution in [1.82, 2.24) is 14.9 Å². The molecule has 3 aromatic rings. The first-order valence-electron chi connectivity index (χ1n) is 11.5. The van der Waals surface area contributed by atoms with Crippen LogP contribution in [0.1, 0.15) is 23.2 Å². The molecule has 0 unspecified atom stereocenters. The van der Waals surface area contributed by atoms with Gasteiger partial charge < -0.3 is 14.5 Å². The second-order valence-electron chi connectivity index (χ2n) is 8.49. The number of fused-ring (bicyclic) bond motifs is 2.